The Kier molecular flexibility index (Phi) is 62.9. The third-order valence-electron chi connectivity index (χ3n) is 25.6. The zero-order chi connectivity index (χ0) is 98.0. The number of unbranched alkanes of at least 4 members (excludes halogenated alkanes) is 45. The number of allylic oxidation sites excluding steroid dienone is 3. The summed E-state index contributed by atoms with van der Waals surface area (Å²) >= 11 is 0. The molecule has 1 aliphatic rings. The number of nitrogens with one attached hydrogen (secondary N) is 3. The number of anilines is 3. The first kappa shape index (κ1) is 115. The van der Waals surface area contributed by atoms with Crippen LogP contribution < -0.4 is 58.6 Å². The summed E-state index contributed by atoms with van der Waals surface area (Å²) in [6.45, 7) is 25.6. The monoisotopic (exact) mass is 1890 g/mol. The maximum absolute atomic E-state index is 14.9. The lowest BCUT2D eigenvalue weighted by Gasteiger charge is -2.18. The fraction of sp³-hybridized carbons (Fsp3) is 0.585. The molecule has 6 aromatic carbocycles. The van der Waals surface area contributed by atoms with E-state index in [1.165, 1.54) is 250 Å². The molecule has 0 bridgehead atoms. The van der Waals surface area contributed by atoms with Crippen molar-refractivity contribution in [1.82, 2.24) is 0 Å². The second-order valence-corrected chi connectivity index (χ2v) is 38.0. The highest BCUT2D eigenvalue weighted by atomic mass is 16.6. The molecule has 7 rings (SSSR count). The molecule has 0 amide bonds. The highest BCUT2D eigenvalue weighted by molar-refractivity contribution is 6.51. The van der Waals surface area contributed by atoms with E-state index < -0.39 is 17.3 Å². The number of Topliss-reactive ketones (excluding diaryl/α,β-unsaturated/α-hetero) is 3. The quantitative estimate of drug-likeness (QED) is 0.0143. The molecular formula is C123H183N3O12. The molecule has 1 fully saturated rings. The average molecular weight is 1900 g/mol. The van der Waals surface area contributed by atoms with Crippen LogP contribution in [0.25, 0.3) is 36.5 Å². The molecule has 15 nitrogen and oxygen atoms in total. The lowest BCUT2D eigenvalue weighted by molar-refractivity contribution is -0.124. The Morgan fingerprint density at radius 2 is 0.326 bits per heavy atom. The Balaban J connectivity index is 1.19. The summed E-state index contributed by atoms with van der Waals surface area (Å²) in [5, 5.41) is 9.79. The van der Waals surface area contributed by atoms with Crippen LogP contribution in [-0.2, 0) is 14.4 Å². The van der Waals surface area contributed by atoms with Gasteiger partial charge in [-0.15, -0.1) is 0 Å². The van der Waals surface area contributed by atoms with Gasteiger partial charge in [0.2, 0.25) is 34.6 Å². The number of hydrogen-bond acceptors (Lipinski definition) is 15. The second-order valence-electron chi connectivity index (χ2n) is 38.0. The summed E-state index contributed by atoms with van der Waals surface area (Å²) in [5.41, 5.74) is 6.87. The molecule has 0 atom stereocenters. The van der Waals surface area contributed by atoms with Gasteiger partial charge in [0.25, 0.3) is 0 Å². The normalized spacial score (nSPS) is 12.2. The average Bonchev–Trinajstić information content (AvgIpc) is 0.780. The number of benzene rings is 6. The summed E-state index contributed by atoms with van der Waals surface area (Å²) in [6.07, 6.45) is 79.6. The molecule has 3 N–H and O–H groups in total. The predicted molar refractivity (Wildman–Crippen MR) is 585 cm³/mol. The fourth-order valence-corrected chi connectivity index (χ4v) is 17.0. The van der Waals surface area contributed by atoms with Gasteiger partial charge in [0, 0.05) is 35.7 Å². The smallest absolute Gasteiger partial charge is 0.203 e. The maximum Gasteiger partial charge on any atom is 0.203 e. The van der Waals surface area contributed by atoms with Gasteiger partial charge in [0.05, 0.1) is 76.2 Å². The van der Waals surface area contributed by atoms with E-state index in [1.54, 1.807) is 0 Å². The van der Waals surface area contributed by atoms with Crippen LogP contribution in [0.2, 0.25) is 0 Å². The van der Waals surface area contributed by atoms with Crippen molar-refractivity contribution >= 4 is 70.9 Å². The van der Waals surface area contributed by atoms with Gasteiger partial charge in [-0.2, -0.15) is 0 Å². The molecule has 1 aliphatic carbocycles. The SMILES string of the molecule is CCCCCCCCOc1cc(/C=C/c2ccc(NC=C3C(=O)C(=CNc4ccc(/C=C/c5cc(OCCCCCCCC)c(OCCCCCCCC)c(OCCCCCCCC)c5)cc4)C(=O)C(=CNc4ccc(/C=C/c5cc(OCCCCCCCC)c(OCCCCCCCC)c(OCCCCCCCC)c5)cc4)C3=O)cc2)cc(OCCCCCCCC)c1OCCCCCCCC. The minimum absolute atomic E-state index is 0.197. The van der Waals surface area contributed by atoms with Gasteiger partial charge in [0.15, 0.2) is 34.5 Å². The first-order valence-corrected chi connectivity index (χ1v) is 55.6. The molecule has 762 valence electrons. The van der Waals surface area contributed by atoms with E-state index >= 15 is 0 Å². The van der Waals surface area contributed by atoms with Crippen LogP contribution >= 0.6 is 0 Å². The van der Waals surface area contributed by atoms with Crippen molar-refractivity contribution in [1.29, 1.82) is 0 Å². The topological polar surface area (TPSA) is 170 Å². The van der Waals surface area contributed by atoms with E-state index in [1.807, 2.05) is 72.8 Å². The molecule has 0 radical (unpaired) electrons. The van der Waals surface area contributed by atoms with Crippen molar-refractivity contribution in [3.63, 3.8) is 0 Å². The molecule has 0 heterocycles. The lowest BCUT2D eigenvalue weighted by atomic mass is 9.84. The van der Waals surface area contributed by atoms with E-state index in [0.29, 0.717) is 128 Å². The van der Waals surface area contributed by atoms with Crippen molar-refractivity contribution in [2.45, 2.75) is 409 Å². The molecule has 0 unspecified atom stereocenters. The Labute approximate surface area is 836 Å². The number of ketones is 3. The van der Waals surface area contributed by atoms with Gasteiger partial charge < -0.3 is 58.6 Å². The van der Waals surface area contributed by atoms with Crippen LogP contribution in [0.5, 0.6) is 51.7 Å². The molecule has 0 spiro atoms. The number of rotatable bonds is 84. The van der Waals surface area contributed by atoms with E-state index in [0.717, 1.165) is 149 Å². The van der Waals surface area contributed by atoms with Gasteiger partial charge in [-0.25, -0.2) is 0 Å². The second kappa shape index (κ2) is 75.3. The van der Waals surface area contributed by atoms with Crippen molar-refractivity contribution in [2.24, 2.45) is 0 Å². The number of carbonyl (C=O) groups is 3. The number of hydrogen-bond donors (Lipinski definition) is 3. The van der Waals surface area contributed by atoms with E-state index in [-0.39, 0.29) is 16.7 Å². The highest BCUT2D eigenvalue weighted by Crippen LogP contribution is 2.44. The summed E-state index contributed by atoms with van der Waals surface area (Å²) in [5.74, 6) is 4.13. The molecule has 15 heteroatoms. The molecule has 0 aromatic heterocycles. The van der Waals surface area contributed by atoms with Gasteiger partial charge in [-0.3, -0.25) is 14.4 Å². The minimum Gasteiger partial charge on any atom is -0.490 e. The molecule has 138 heavy (non-hydrogen) atoms. The van der Waals surface area contributed by atoms with E-state index in [2.05, 4.69) is 151 Å². The van der Waals surface area contributed by atoms with Crippen LogP contribution in [0.4, 0.5) is 17.1 Å². The van der Waals surface area contributed by atoms with Gasteiger partial charge in [-0.1, -0.05) is 424 Å². The Morgan fingerprint density at radius 3 is 0.493 bits per heavy atom. The Hall–Kier alpha value is -9.63. The van der Waals surface area contributed by atoms with Crippen LogP contribution in [0.15, 0.2) is 145 Å². The molecular weight excluding hydrogens is 1710 g/mol. The summed E-state index contributed by atoms with van der Waals surface area (Å²) in [4.78, 5) is 44.8. The van der Waals surface area contributed by atoms with Crippen LogP contribution in [0.3, 0.4) is 0 Å². The Morgan fingerprint density at radius 1 is 0.181 bits per heavy atom. The summed E-state index contributed by atoms with van der Waals surface area (Å²) in [6, 6.07) is 35.8. The first-order valence-electron chi connectivity index (χ1n) is 55.6. The van der Waals surface area contributed by atoms with E-state index in [9.17, 15) is 14.4 Å². The standard InChI is InChI=1S/C123H183N3O12/c1-10-19-28-37-46-55-82-130-112-91-103(92-113(131-83-56-47-38-29-20-11-2)121(112)136-88-61-52-43-34-25-16-7)67-64-100-70-76-106(77-71-100)124-97-109-118(127)110(98-125-107-78-72-101(73-79-107)65-68-104-93-114(132-84-57-48-39-30-21-12-3)122(137-89-62-53-44-35-26-17-8)115(94-104)133-85-58-49-40-31-22-13-4)120(129)111(119(109)128)99-126-108-80-74-102(75-81-108)66-69-105-95-116(134-86-59-50-41-32-23-14-5)123(138-90-63-54-45-36-27-18-9)117(96-105)135-87-60-51-42-33-24-15-6/h64-81,91-99,124-126H,10-63,82-90H2,1-9H3/b67-64+,68-65+,69-66+,109-97?,110-98?,111-99?. The zero-order valence-electron chi connectivity index (χ0n) is 87.5. The lowest BCUT2D eigenvalue weighted by Crippen LogP contribution is -2.33. The highest BCUT2D eigenvalue weighted by Gasteiger charge is 2.39. The fourth-order valence-electron chi connectivity index (χ4n) is 17.0. The molecule has 0 aliphatic heterocycles. The van der Waals surface area contributed by atoms with Crippen molar-refractivity contribution in [3.05, 3.63) is 178 Å². The molecule has 6 aromatic rings. The van der Waals surface area contributed by atoms with Crippen molar-refractivity contribution < 1.29 is 57.0 Å². The Bertz CT molecular complexity index is 3850. The summed E-state index contributed by atoms with van der Waals surface area (Å²) in [7, 11) is 0. The third-order valence-corrected chi connectivity index (χ3v) is 25.6. The maximum atomic E-state index is 14.9. The number of ether oxygens (including phenoxy) is 9. The first-order chi connectivity index (χ1) is 68.0. The van der Waals surface area contributed by atoms with Crippen LogP contribution in [0, 0.1) is 0 Å². The van der Waals surface area contributed by atoms with Crippen molar-refractivity contribution in [2.75, 3.05) is 75.4 Å². The largest absolute Gasteiger partial charge is 0.490 e. The molecule has 0 saturated heterocycles. The third kappa shape index (κ3) is 48.0. The summed E-state index contributed by atoms with van der Waals surface area (Å²) < 4.78 is 59.9. The van der Waals surface area contributed by atoms with Gasteiger partial charge in [-0.05, 0) is 164 Å². The van der Waals surface area contributed by atoms with E-state index in [4.69, 9.17) is 42.6 Å². The number of carbonyl (C=O) groups excluding carboxylic acids is 3. The van der Waals surface area contributed by atoms with Gasteiger partial charge in [0.1, 0.15) is 0 Å². The minimum atomic E-state index is -0.713. The van der Waals surface area contributed by atoms with Crippen LogP contribution in [0.1, 0.15) is 442 Å². The zero-order valence-corrected chi connectivity index (χ0v) is 87.5. The molecule has 1 saturated carbocycles. The van der Waals surface area contributed by atoms with Gasteiger partial charge >= 0.3 is 0 Å². The van der Waals surface area contributed by atoms with Crippen LogP contribution in [-0.4, -0.2) is 76.8 Å². The van der Waals surface area contributed by atoms with Crippen molar-refractivity contribution in [3.8, 4) is 51.7 Å². The predicted octanol–water partition coefficient (Wildman–Crippen LogP) is 35.9.